The lowest BCUT2D eigenvalue weighted by Crippen LogP contribution is -2.31. The van der Waals surface area contributed by atoms with Crippen molar-refractivity contribution < 1.29 is 14.3 Å². The Morgan fingerprint density at radius 1 is 1.04 bits per heavy atom. The molecule has 0 heterocycles. The van der Waals surface area contributed by atoms with Crippen LogP contribution in [0.5, 0.6) is 5.75 Å². The molecule has 5 nitrogen and oxygen atoms in total. The smallest absolute Gasteiger partial charge is 0.262 e. The number of nitrogens with one attached hydrogen (secondary N) is 1. The van der Waals surface area contributed by atoms with Crippen molar-refractivity contribution >= 4 is 29.1 Å². The summed E-state index contributed by atoms with van der Waals surface area (Å²) in [4.78, 5) is 26.4. The summed E-state index contributed by atoms with van der Waals surface area (Å²) in [5.41, 5.74) is 0.940. The van der Waals surface area contributed by atoms with E-state index in [0.29, 0.717) is 35.1 Å². The Bertz CT molecular complexity index is 728. The molecule has 0 saturated heterocycles. The topological polar surface area (TPSA) is 58.6 Å². The molecule has 0 atom stereocenters. The van der Waals surface area contributed by atoms with Gasteiger partial charge in [0, 0.05) is 18.1 Å². The van der Waals surface area contributed by atoms with Gasteiger partial charge >= 0.3 is 0 Å². The average Bonchev–Trinajstić information content (AvgIpc) is 2.62. The van der Waals surface area contributed by atoms with Gasteiger partial charge in [0.1, 0.15) is 5.75 Å². The number of carbonyl (C=O) groups excluding carboxylic acids is 2. The molecule has 0 aliphatic carbocycles. The first-order valence-electron chi connectivity index (χ1n) is 8.11. The fraction of sp³-hybridized carbons (Fsp3) is 0.263. The number of carbonyl (C=O) groups is 2. The lowest BCUT2D eigenvalue weighted by Gasteiger charge is -2.20. The van der Waals surface area contributed by atoms with Gasteiger partial charge in [0.05, 0.1) is 11.3 Å². The van der Waals surface area contributed by atoms with Gasteiger partial charge in [-0.1, -0.05) is 23.7 Å². The molecule has 2 rings (SSSR count). The van der Waals surface area contributed by atoms with Gasteiger partial charge in [0.2, 0.25) is 0 Å². The summed E-state index contributed by atoms with van der Waals surface area (Å²) in [5.74, 6) is 0.0984. The minimum Gasteiger partial charge on any atom is -0.484 e. The number of rotatable bonds is 7. The maximum absolute atomic E-state index is 12.6. The van der Waals surface area contributed by atoms with E-state index in [9.17, 15) is 9.59 Å². The molecule has 6 heteroatoms. The highest BCUT2D eigenvalue weighted by Crippen LogP contribution is 2.18. The first kappa shape index (κ1) is 18.8. The van der Waals surface area contributed by atoms with Crippen LogP contribution >= 0.6 is 11.6 Å². The molecule has 0 bridgehead atoms. The minimum atomic E-state index is -0.338. The van der Waals surface area contributed by atoms with Crippen LogP contribution in [-0.4, -0.2) is 36.4 Å². The average molecular weight is 361 g/mol. The number of hydrogen-bond acceptors (Lipinski definition) is 3. The van der Waals surface area contributed by atoms with Gasteiger partial charge in [0.25, 0.3) is 11.8 Å². The van der Waals surface area contributed by atoms with Crippen molar-refractivity contribution in [1.29, 1.82) is 0 Å². The molecule has 0 aliphatic heterocycles. The molecule has 0 unspecified atom stereocenters. The van der Waals surface area contributed by atoms with E-state index in [0.717, 1.165) is 0 Å². The molecule has 0 aliphatic rings. The van der Waals surface area contributed by atoms with E-state index < -0.39 is 0 Å². The number of benzene rings is 2. The molecule has 0 aromatic heterocycles. The van der Waals surface area contributed by atoms with E-state index in [1.165, 1.54) is 0 Å². The van der Waals surface area contributed by atoms with Crippen LogP contribution in [0.15, 0.2) is 48.5 Å². The van der Waals surface area contributed by atoms with Crippen LogP contribution in [0.1, 0.15) is 24.2 Å². The van der Waals surface area contributed by atoms with Crippen LogP contribution in [-0.2, 0) is 4.79 Å². The quantitative estimate of drug-likeness (QED) is 0.816. The van der Waals surface area contributed by atoms with Gasteiger partial charge in [-0.25, -0.2) is 0 Å². The first-order chi connectivity index (χ1) is 12.0. The SMILES string of the molecule is CCN(CC)C(=O)c1ccccc1NC(=O)COc1ccc(Cl)cc1. The Balaban J connectivity index is 2.03. The summed E-state index contributed by atoms with van der Waals surface area (Å²) in [7, 11) is 0. The lowest BCUT2D eigenvalue weighted by atomic mass is 10.1. The predicted molar refractivity (Wildman–Crippen MR) is 99.3 cm³/mol. The fourth-order valence-corrected chi connectivity index (χ4v) is 2.45. The number of nitrogens with zero attached hydrogens (tertiary/aromatic N) is 1. The van der Waals surface area contributed by atoms with Crippen molar-refractivity contribution in [3.05, 3.63) is 59.1 Å². The van der Waals surface area contributed by atoms with Gasteiger partial charge in [-0.05, 0) is 50.2 Å². The second-order valence-electron chi connectivity index (χ2n) is 5.31. The normalized spacial score (nSPS) is 10.2. The molecule has 0 fully saturated rings. The Hall–Kier alpha value is -2.53. The second kappa shape index (κ2) is 9.08. The first-order valence-corrected chi connectivity index (χ1v) is 8.49. The van der Waals surface area contributed by atoms with E-state index in [4.69, 9.17) is 16.3 Å². The van der Waals surface area contributed by atoms with Crippen LogP contribution in [0.4, 0.5) is 5.69 Å². The molecule has 0 radical (unpaired) electrons. The third-order valence-corrected chi connectivity index (χ3v) is 3.92. The number of anilines is 1. The van der Waals surface area contributed by atoms with Gasteiger partial charge in [-0.15, -0.1) is 0 Å². The molecule has 132 valence electrons. The van der Waals surface area contributed by atoms with Crippen LogP contribution in [0.25, 0.3) is 0 Å². The van der Waals surface area contributed by atoms with E-state index in [1.807, 2.05) is 13.8 Å². The summed E-state index contributed by atoms with van der Waals surface area (Å²) in [6.07, 6.45) is 0. The third kappa shape index (κ3) is 5.22. The summed E-state index contributed by atoms with van der Waals surface area (Å²) in [6, 6.07) is 13.7. The van der Waals surface area contributed by atoms with Crippen molar-refractivity contribution in [2.45, 2.75) is 13.8 Å². The number of halogens is 1. The number of amides is 2. The zero-order chi connectivity index (χ0) is 18.2. The molecule has 1 N–H and O–H groups in total. The summed E-state index contributed by atoms with van der Waals surface area (Å²) in [5, 5.41) is 3.34. The monoisotopic (exact) mass is 360 g/mol. The van der Waals surface area contributed by atoms with Crippen molar-refractivity contribution in [1.82, 2.24) is 4.90 Å². The summed E-state index contributed by atoms with van der Waals surface area (Å²) < 4.78 is 5.42. The Morgan fingerprint density at radius 3 is 2.32 bits per heavy atom. The largest absolute Gasteiger partial charge is 0.484 e. The molecule has 2 aromatic rings. The Labute approximate surface area is 152 Å². The van der Waals surface area contributed by atoms with Gasteiger partial charge < -0.3 is 15.0 Å². The summed E-state index contributed by atoms with van der Waals surface area (Å²) >= 11 is 5.81. The van der Waals surface area contributed by atoms with Crippen LogP contribution < -0.4 is 10.1 Å². The standard InChI is InChI=1S/C19H21ClN2O3/c1-3-22(4-2)19(24)16-7-5-6-8-17(16)21-18(23)13-25-15-11-9-14(20)10-12-15/h5-12H,3-4,13H2,1-2H3,(H,21,23). The van der Waals surface area contributed by atoms with E-state index in [2.05, 4.69) is 5.32 Å². The van der Waals surface area contributed by atoms with Gasteiger partial charge in [-0.2, -0.15) is 0 Å². The third-order valence-electron chi connectivity index (χ3n) is 3.67. The Morgan fingerprint density at radius 2 is 1.68 bits per heavy atom. The number of hydrogen-bond donors (Lipinski definition) is 1. The van der Waals surface area contributed by atoms with Crippen molar-refractivity contribution in [2.75, 3.05) is 25.0 Å². The zero-order valence-corrected chi connectivity index (χ0v) is 15.0. The van der Waals surface area contributed by atoms with E-state index >= 15 is 0 Å². The highest BCUT2D eigenvalue weighted by Gasteiger charge is 2.17. The molecular formula is C19H21ClN2O3. The molecular weight excluding hydrogens is 340 g/mol. The highest BCUT2D eigenvalue weighted by atomic mass is 35.5. The predicted octanol–water partition coefficient (Wildman–Crippen LogP) is 3.84. The number of para-hydroxylation sites is 1. The lowest BCUT2D eigenvalue weighted by molar-refractivity contribution is -0.118. The maximum atomic E-state index is 12.6. The molecule has 0 spiro atoms. The van der Waals surface area contributed by atoms with Crippen LogP contribution in [0.3, 0.4) is 0 Å². The summed E-state index contributed by atoms with van der Waals surface area (Å²) in [6.45, 7) is 4.90. The highest BCUT2D eigenvalue weighted by molar-refractivity contribution is 6.30. The number of ether oxygens (including phenoxy) is 1. The molecule has 0 saturated carbocycles. The van der Waals surface area contributed by atoms with Crippen molar-refractivity contribution in [3.8, 4) is 5.75 Å². The zero-order valence-electron chi connectivity index (χ0n) is 14.3. The molecule has 2 aromatic carbocycles. The van der Waals surface area contributed by atoms with Crippen LogP contribution in [0, 0.1) is 0 Å². The minimum absolute atomic E-state index is 0.112. The van der Waals surface area contributed by atoms with Crippen molar-refractivity contribution in [2.24, 2.45) is 0 Å². The van der Waals surface area contributed by atoms with Gasteiger partial charge in [-0.3, -0.25) is 9.59 Å². The molecule has 25 heavy (non-hydrogen) atoms. The van der Waals surface area contributed by atoms with E-state index in [-0.39, 0.29) is 18.4 Å². The second-order valence-corrected chi connectivity index (χ2v) is 5.75. The van der Waals surface area contributed by atoms with E-state index in [1.54, 1.807) is 53.4 Å². The maximum Gasteiger partial charge on any atom is 0.262 e. The van der Waals surface area contributed by atoms with Crippen molar-refractivity contribution in [3.63, 3.8) is 0 Å². The molecule has 2 amide bonds. The van der Waals surface area contributed by atoms with Gasteiger partial charge in [0.15, 0.2) is 6.61 Å². The Kier molecular flexibility index (Phi) is 6.83. The fourth-order valence-electron chi connectivity index (χ4n) is 2.33. The van der Waals surface area contributed by atoms with Crippen LogP contribution in [0.2, 0.25) is 5.02 Å².